The quantitative estimate of drug-likeness (QED) is 0.792. The van der Waals surface area contributed by atoms with Crippen molar-refractivity contribution >= 4 is 11.6 Å². The number of carbonyl (C=O) groups is 1. The number of carbonyl (C=O) groups excluding carboxylic acids is 1. The van der Waals surface area contributed by atoms with Gasteiger partial charge in [-0.2, -0.15) is 0 Å². The van der Waals surface area contributed by atoms with Crippen LogP contribution in [-0.4, -0.2) is 46.6 Å². The monoisotopic (exact) mass is 235 g/mol. The molecule has 0 aromatic carbocycles. The Morgan fingerprint density at radius 2 is 2.41 bits per heavy atom. The number of nitrogens with zero attached hydrogens (tertiary/aromatic N) is 2. The zero-order valence-corrected chi connectivity index (χ0v) is 10.1. The summed E-state index contributed by atoms with van der Waals surface area (Å²) in [5.41, 5.74) is 0.543. The van der Waals surface area contributed by atoms with Crippen LogP contribution < -0.4 is 5.32 Å². The lowest BCUT2D eigenvalue weighted by Gasteiger charge is -2.20. The molecule has 5 nitrogen and oxygen atoms in total. The predicted octanol–water partition coefficient (Wildman–Crippen LogP) is 0.720. The summed E-state index contributed by atoms with van der Waals surface area (Å²) >= 11 is 0. The molecule has 2 N–H and O–H groups in total. The molecule has 2 heterocycles. The third kappa shape index (κ3) is 2.39. The van der Waals surface area contributed by atoms with Crippen molar-refractivity contribution in [2.45, 2.75) is 18.9 Å². The third-order valence-electron chi connectivity index (χ3n) is 3.06. The average Bonchev–Trinajstić information content (AvgIpc) is 2.68. The highest BCUT2D eigenvalue weighted by molar-refractivity contribution is 5.99. The molecule has 0 aliphatic carbocycles. The summed E-state index contributed by atoms with van der Waals surface area (Å²) in [4.78, 5) is 17.9. The summed E-state index contributed by atoms with van der Waals surface area (Å²) in [6.45, 7) is 2.72. The predicted molar refractivity (Wildman–Crippen MR) is 64.9 cm³/mol. The van der Waals surface area contributed by atoms with Gasteiger partial charge in [-0.1, -0.05) is 0 Å². The second kappa shape index (κ2) is 4.33. The van der Waals surface area contributed by atoms with E-state index in [-0.39, 0.29) is 5.91 Å². The Morgan fingerprint density at radius 1 is 1.65 bits per heavy atom. The van der Waals surface area contributed by atoms with E-state index < -0.39 is 5.60 Å². The van der Waals surface area contributed by atoms with E-state index in [9.17, 15) is 9.90 Å². The van der Waals surface area contributed by atoms with Gasteiger partial charge in [0.05, 0.1) is 11.2 Å². The molecule has 1 aliphatic rings. The lowest BCUT2D eigenvalue weighted by molar-refractivity contribution is 0.0572. The molecule has 1 saturated heterocycles. The number of pyridine rings is 1. The summed E-state index contributed by atoms with van der Waals surface area (Å²) in [6.07, 6.45) is 3.82. The highest BCUT2D eigenvalue weighted by Crippen LogP contribution is 2.24. The van der Waals surface area contributed by atoms with Gasteiger partial charge in [-0.25, -0.2) is 0 Å². The number of anilines is 1. The molecule has 1 amide bonds. The van der Waals surface area contributed by atoms with Gasteiger partial charge in [0, 0.05) is 38.2 Å². The van der Waals surface area contributed by atoms with E-state index in [1.165, 1.54) is 0 Å². The Labute approximate surface area is 100 Å². The second-order valence-electron chi connectivity index (χ2n) is 4.64. The minimum Gasteiger partial charge on any atom is -0.388 e. The van der Waals surface area contributed by atoms with Crippen molar-refractivity contribution in [3.63, 3.8) is 0 Å². The number of hydrogen-bond donors (Lipinski definition) is 2. The van der Waals surface area contributed by atoms with Crippen LogP contribution in [0, 0.1) is 0 Å². The van der Waals surface area contributed by atoms with Crippen LogP contribution in [0.5, 0.6) is 0 Å². The number of hydrogen-bond acceptors (Lipinski definition) is 4. The van der Waals surface area contributed by atoms with E-state index >= 15 is 0 Å². The summed E-state index contributed by atoms with van der Waals surface area (Å²) < 4.78 is 0. The molecule has 2 rings (SSSR count). The maximum Gasteiger partial charge on any atom is 0.257 e. The SMILES string of the molecule is CNc1ccncc1C(=O)N1CCC(C)(O)C1. The first kappa shape index (κ1) is 11.9. The minimum absolute atomic E-state index is 0.0831. The van der Waals surface area contributed by atoms with Gasteiger partial charge in [0.2, 0.25) is 0 Å². The third-order valence-corrected chi connectivity index (χ3v) is 3.06. The first-order valence-electron chi connectivity index (χ1n) is 5.67. The smallest absolute Gasteiger partial charge is 0.257 e. The molecular formula is C12H17N3O2. The van der Waals surface area contributed by atoms with Crippen LogP contribution in [0.2, 0.25) is 0 Å². The maximum atomic E-state index is 12.2. The van der Waals surface area contributed by atoms with E-state index in [1.807, 2.05) is 0 Å². The summed E-state index contributed by atoms with van der Waals surface area (Å²) in [7, 11) is 1.77. The van der Waals surface area contributed by atoms with Crippen LogP contribution >= 0.6 is 0 Å². The maximum absolute atomic E-state index is 12.2. The van der Waals surface area contributed by atoms with Gasteiger partial charge >= 0.3 is 0 Å². The van der Waals surface area contributed by atoms with Crippen LogP contribution in [-0.2, 0) is 0 Å². The molecule has 1 aromatic heterocycles. The van der Waals surface area contributed by atoms with Crippen molar-refractivity contribution in [2.24, 2.45) is 0 Å². The molecule has 92 valence electrons. The van der Waals surface area contributed by atoms with Crippen molar-refractivity contribution < 1.29 is 9.90 Å². The fourth-order valence-electron chi connectivity index (χ4n) is 2.07. The van der Waals surface area contributed by atoms with Crippen LogP contribution in [0.25, 0.3) is 0 Å². The van der Waals surface area contributed by atoms with Crippen LogP contribution in [0.4, 0.5) is 5.69 Å². The Balaban J connectivity index is 2.20. The molecule has 0 bridgehead atoms. The molecule has 17 heavy (non-hydrogen) atoms. The molecule has 1 aromatic rings. The largest absolute Gasteiger partial charge is 0.388 e. The Morgan fingerprint density at radius 3 is 3.00 bits per heavy atom. The van der Waals surface area contributed by atoms with Crippen molar-refractivity contribution in [3.05, 3.63) is 24.0 Å². The standard InChI is InChI=1S/C12H17N3O2/c1-12(17)4-6-15(8-12)11(16)9-7-14-5-3-10(9)13-2/h3,5,7,17H,4,6,8H2,1-2H3,(H,13,14). The first-order valence-corrected chi connectivity index (χ1v) is 5.67. The fourth-order valence-corrected chi connectivity index (χ4v) is 2.07. The number of rotatable bonds is 2. The van der Waals surface area contributed by atoms with E-state index in [0.29, 0.717) is 25.1 Å². The zero-order chi connectivity index (χ0) is 12.5. The lowest BCUT2D eigenvalue weighted by atomic mass is 10.1. The number of nitrogens with one attached hydrogen (secondary N) is 1. The molecule has 0 radical (unpaired) electrons. The second-order valence-corrected chi connectivity index (χ2v) is 4.64. The fraction of sp³-hybridized carbons (Fsp3) is 0.500. The molecule has 1 aliphatic heterocycles. The number of aliphatic hydroxyl groups is 1. The molecule has 5 heteroatoms. The lowest BCUT2D eigenvalue weighted by Crippen LogP contribution is -2.34. The van der Waals surface area contributed by atoms with Crippen LogP contribution in [0.1, 0.15) is 23.7 Å². The van der Waals surface area contributed by atoms with Gasteiger partial charge in [0.1, 0.15) is 0 Å². The normalized spacial score (nSPS) is 23.8. The molecule has 1 atom stereocenters. The molecule has 0 saturated carbocycles. The molecule has 1 unspecified atom stereocenters. The average molecular weight is 235 g/mol. The first-order chi connectivity index (χ1) is 8.03. The number of likely N-dealkylation sites (tertiary alicyclic amines) is 1. The van der Waals surface area contributed by atoms with Gasteiger partial charge in [-0.3, -0.25) is 9.78 Å². The Hall–Kier alpha value is -1.62. The van der Waals surface area contributed by atoms with E-state index in [0.717, 1.165) is 5.69 Å². The summed E-state index contributed by atoms with van der Waals surface area (Å²) in [5.74, 6) is -0.0831. The van der Waals surface area contributed by atoms with Crippen molar-refractivity contribution in [3.8, 4) is 0 Å². The van der Waals surface area contributed by atoms with E-state index in [1.54, 1.807) is 37.3 Å². The molecular weight excluding hydrogens is 218 g/mol. The highest BCUT2D eigenvalue weighted by Gasteiger charge is 2.34. The van der Waals surface area contributed by atoms with Gasteiger partial charge in [-0.15, -0.1) is 0 Å². The van der Waals surface area contributed by atoms with Gasteiger partial charge in [-0.05, 0) is 19.4 Å². The number of aromatic nitrogens is 1. The topological polar surface area (TPSA) is 65.5 Å². The van der Waals surface area contributed by atoms with Crippen molar-refractivity contribution in [1.82, 2.24) is 9.88 Å². The van der Waals surface area contributed by atoms with Gasteiger partial charge in [0.25, 0.3) is 5.91 Å². The minimum atomic E-state index is -0.766. The summed E-state index contributed by atoms with van der Waals surface area (Å²) in [5, 5.41) is 12.8. The van der Waals surface area contributed by atoms with Gasteiger partial charge < -0.3 is 15.3 Å². The van der Waals surface area contributed by atoms with E-state index in [2.05, 4.69) is 10.3 Å². The Bertz CT molecular complexity index is 432. The Kier molecular flexibility index (Phi) is 3.02. The van der Waals surface area contributed by atoms with E-state index in [4.69, 9.17) is 0 Å². The van der Waals surface area contributed by atoms with Crippen molar-refractivity contribution in [2.75, 3.05) is 25.5 Å². The zero-order valence-electron chi connectivity index (χ0n) is 10.1. The molecule has 0 spiro atoms. The van der Waals surface area contributed by atoms with Crippen LogP contribution in [0.3, 0.4) is 0 Å². The van der Waals surface area contributed by atoms with Crippen molar-refractivity contribution in [1.29, 1.82) is 0 Å². The number of amides is 1. The summed E-state index contributed by atoms with van der Waals surface area (Å²) in [6, 6.07) is 1.77. The van der Waals surface area contributed by atoms with Crippen LogP contribution in [0.15, 0.2) is 18.5 Å². The van der Waals surface area contributed by atoms with Gasteiger partial charge in [0.15, 0.2) is 0 Å². The molecule has 1 fully saturated rings. The number of β-amino-alcohol motifs (C(OH)–C–C–N with tert-alkyl or cyclic N) is 1. The highest BCUT2D eigenvalue weighted by atomic mass is 16.3.